The van der Waals surface area contributed by atoms with Gasteiger partial charge in [0.15, 0.2) is 17.6 Å². The Labute approximate surface area is 226 Å². The SMILES string of the molecule is CC(=O)OC(C)C12C=C(C)C3C(C)C(OC4CCC(O)C(C)O4)C4=CC(=O)C=C(N1C(=O)C(C)(O)C2=O)C43O. The van der Waals surface area contributed by atoms with E-state index in [1.54, 1.807) is 13.8 Å². The number of ether oxygens (including phenoxy) is 3. The molecule has 0 spiro atoms. The Morgan fingerprint density at radius 2 is 1.85 bits per heavy atom. The van der Waals surface area contributed by atoms with E-state index in [0.29, 0.717) is 18.4 Å². The Hall–Kier alpha value is -2.70. The average molecular weight is 546 g/mol. The Kier molecular flexibility index (Phi) is 6.36. The molecule has 1 saturated carbocycles. The molecule has 0 radical (unpaired) electrons. The summed E-state index contributed by atoms with van der Waals surface area (Å²) in [5.74, 6) is -4.41. The molecule has 3 fully saturated rings. The lowest BCUT2D eigenvalue weighted by molar-refractivity contribution is -0.233. The number of carbonyl (C=O) groups excluding carboxylic acids is 4. The smallest absolute Gasteiger partial charge is 0.303 e. The minimum absolute atomic E-state index is 0.176. The van der Waals surface area contributed by atoms with Gasteiger partial charge in [-0.3, -0.25) is 24.1 Å². The molecule has 1 amide bonds. The third-order valence-electron chi connectivity index (χ3n) is 9.01. The van der Waals surface area contributed by atoms with Crippen LogP contribution in [-0.4, -0.2) is 91.1 Å². The molecule has 0 aromatic carbocycles. The quantitative estimate of drug-likeness (QED) is 0.257. The molecular formula is C28H35NO10. The van der Waals surface area contributed by atoms with Crippen molar-refractivity contribution in [2.45, 2.75) is 102 Å². The highest BCUT2D eigenvalue weighted by atomic mass is 16.7. The molecule has 3 aliphatic heterocycles. The minimum atomic E-state index is -2.51. The second-order valence-electron chi connectivity index (χ2n) is 11.6. The molecule has 0 aromatic heterocycles. The zero-order valence-corrected chi connectivity index (χ0v) is 22.8. The zero-order valence-electron chi connectivity index (χ0n) is 22.8. The molecule has 5 rings (SSSR count). The first kappa shape index (κ1) is 27.9. The molecule has 10 unspecified atom stereocenters. The van der Waals surface area contributed by atoms with Gasteiger partial charge in [0.1, 0.15) is 11.7 Å². The Morgan fingerprint density at radius 1 is 1.18 bits per heavy atom. The number of nitrogens with zero attached hydrogens (tertiary/aromatic N) is 1. The summed E-state index contributed by atoms with van der Waals surface area (Å²) in [6, 6.07) is 0. The zero-order chi connectivity index (χ0) is 28.8. The lowest BCUT2D eigenvalue weighted by Crippen LogP contribution is -2.59. The number of amides is 1. The predicted molar refractivity (Wildman–Crippen MR) is 133 cm³/mol. The molecule has 11 heteroatoms. The van der Waals surface area contributed by atoms with Gasteiger partial charge in [0, 0.05) is 30.9 Å². The van der Waals surface area contributed by atoms with Crippen LogP contribution in [0.4, 0.5) is 0 Å². The summed E-state index contributed by atoms with van der Waals surface area (Å²) in [6.45, 7) is 8.92. The first-order valence-corrected chi connectivity index (χ1v) is 13.3. The van der Waals surface area contributed by atoms with Crippen molar-refractivity contribution in [2.75, 3.05) is 0 Å². The lowest BCUT2D eigenvalue weighted by atomic mass is 9.75. The van der Waals surface area contributed by atoms with Gasteiger partial charge >= 0.3 is 5.97 Å². The molecule has 3 N–H and O–H groups in total. The molecule has 212 valence electrons. The molecule has 3 heterocycles. The summed E-state index contributed by atoms with van der Waals surface area (Å²) in [4.78, 5) is 53.6. The first-order valence-electron chi connectivity index (χ1n) is 13.3. The van der Waals surface area contributed by atoms with Gasteiger partial charge in [-0.25, -0.2) is 0 Å². The van der Waals surface area contributed by atoms with E-state index in [4.69, 9.17) is 14.2 Å². The van der Waals surface area contributed by atoms with Crippen LogP contribution in [0.25, 0.3) is 0 Å². The van der Waals surface area contributed by atoms with Gasteiger partial charge in [-0.05, 0) is 52.2 Å². The normalized spacial score (nSPS) is 44.2. The standard InChI is InChI=1S/C28H35NO10/c1-12-11-27(15(4)38-16(5)30)24(33)26(6,35)25(34)29(27)20-10-17(31)9-18-23(13(2)22(12)28(18,20)36)39-21-8-7-19(32)14(3)37-21/h9-11,13-15,19,21-23,32,35-36H,7-8H2,1-6H3. The fraction of sp³-hybridized carbons (Fsp3) is 0.643. The lowest BCUT2D eigenvalue weighted by Gasteiger charge is -2.43. The molecule has 0 bridgehead atoms. The maximum Gasteiger partial charge on any atom is 0.303 e. The average Bonchev–Trinajstić information content (AvgIpc) is 3.09. The van der Waals surface area contributed by atoms with E-state index in [1.165, 1.54) is 19.1 Å². The van der Waals surface area contributed by atoms with E-state index in [9.17, 15) is 34.5 Å². The minimum Gasteiger partial charge on any atom is -0.459 e. The number of hydrogen-bond donors (Lipinski definition) is 3. The molecule has 0 aromatic rings. The van der Waals surface area contributed by atoms with Crippen molar-refractivity contribution in [3.63, 3.8) is 0 Å². The maximum absolute atomic E-state index is 13.8. The topological polar surface area (TPSA) is 160 Å². The van der Waals surface area contributed by atoms with E-state index in [0.717, 1.165) is 24.8 Å². The summed E-state index contributed by atoms with van der Waals surface area (Å²) in [7, 11) is 0. The third-order valence-corrected chi connectivity index (χ3v) is 9.01. The van der Waals surface area contributed by atoms with Gasteiger partial charge < -0.3 is 29.5 Å². The van der Waals surface area contributed by atoms with Crippen LogP contribution in [0.2, 0.25) is 0 Å². The van der Waals surface area contributed by atoms with Crippen LogP contribution in [0.3, 0.4) is 0 Å². The number of carbonyl (C=O) groups is 4. The monoisotopic (exact) mass is 545 g/mol. The molecule has 11 nitrogen and oxygen atoms in total. The molecule has 5 aliphatic rings. The van der Waals surface area contributed by atoms with Gasteiger partial charge in [0.25, 0.3) is 5.91 Å². The number of esters is 1. The van der Waals surface area contributed by atoms with E-state index in [1.807, 2.05) is 6.92 Å². The van der Waals surface area contributed by atoms with Crippen molar-refractivity contribution in [2.24, 2.45) is 11.8 Å². The number of fused-ring (bicyclic) bond motifs is 2. The Balaban J connectivity index is 1.68. The Bertz CT molecular complexity index is 1250. The van der Waals surface area contributed by atoms with E-state index >= 15 is 0 Å². The predicted octanol–water partition coefficient (Wildman–Crippen LogP) is 0.460. The second-order valence-corrected chi connectivity index (χ2v) is 11.6. The number of rotatable bonds is 4. The van der Waals surface area contributed by atoms with Gasteiger partial charge in [-0.1, -0.05) is 12.5 Å². The highest BCUT2D eigenvalue weighted by Gasteiger charge is 2.73. The van der Waals surface area contributed by atoms with Crippen molar-refractivity contribution in [1.82, 2.24) is 4.90 Å². The molecular weight excluding hydrogens is 510 g/mol. The molecule has 10 atom stereocenters. The fourth-order valence-electron chi connectivity index (χ4n) is 7.23. The van der Waals surface area contributed by atoms with Gasteiger partial charge in [0.05, 0.1) is 24.0 Å². The fourth-order valence-corrected chi connectivity index (χ4v) is 7.23. The summed E-state index contributed by atoms with van der Waals surface area (Å²) in [6.07, 6.45) is 0.861. The van der Waals surface area contributed by atoms with E-state index < -0.39 is 82.7 Å². The van der Waals surface area contributed by atoms with Crippen molar-refractivity contribution in [1.29, 1.82) is 0 Å². The number of ketones is 2. The third kappa shape index (κ3) is 3.67. The number of aliphatic hydroxyl groups is 3. The molecule has 2 saturated heterocycles. The van der Waals surface area contributed by atoms with Crippen LogP contribution in [0, 0.1) is 11.8 Å². The van der Waals surface area contributed by atoms with Gasteiger partial charge in [-0.15, -0.1) is 0 Å². The number of aliphatic hydroxyl groups excluding tert-OH is 1. The molecule has 39 heavy (non-hydrogen) atoms. The molecule has 2 aliphatic carbocycles. The summed E-state index contributed by atoms with van der Waals surface area (Å²) in [5.41, 5.74) is -5.93. The first-order chi connectivity index (χ1) is 18.1. The summed E-state index contributed by atoms with van der Waals surface area (Å²) < 4.78 is 17.6. The van der Waals surface area contributed by atoms with Crippen LogP contribution in [-0.2, 0) is 33.4 Å². The van der Waals surface area contributed by atoms with E-state index in [-0.39, 0.29) is 11.3 Å². The van der Waals surface area contributed by atoms with Crippen molar-refractivity contribution < 1.29 is 48.7 Å². The number of hydrogen-bond acceptors (Lipinski definition) is 10. The van der Waals surface area contributed by atoms with Gasteiger partial charge in [0.2, 0.25) is 11.4 Å². The van der Waals surface area contributed by atoms with Crippen molar-refractivity contribution in [3.8, 4) is 0 Å². The van der Waals surface area contributed by atoms with Crippen molar-refractivity contribution in [3.05, 3.63) is 35.1 Å². The van der Waals surface area contributed by atoms with Crippen LogP contribution in [0.15, 0.2) is 35.1 Å². The van der Waals surface area contributed by atoms with Crippen molar-refractivity contribution >= 4 is 23.4 Å². The summed E-state index contributed by atoms with van der Waals surface area (Å²) in [5, 5.41) is 33.7. The van der Waals surface area contributed by atoms with Crippen LogP contribution in [0.5, 0.6) is 0 Å². The van der Waals surface area contributed by atoms with E-state index in [2.05, 4.69) is 0 Å². The van der Waals surface area contributed by atoms with Crippen LogP contribution >= 0.6 is 0 Å². The highest BCUT2D eigenvalue weighted by molar-refractivity contribution is 6.22. The maximum atomic E-state index is 13.8. The Morgan fingerprint density at radius 3 is 2.46 bits per heavy atom. The summed E-state index contributed by atoms with van der Waals surface area (Å²) >= 11 is 0. The number of allylic oxidation sites excluding steroid dienone is 2. The second kappa shape index (κ2) is 8.90. The highest BCUT2D eigenvalue weighted by Crippen LogP contribution is 2.59. The largest absolute Gasteiger partial charge is 0.459 e. The number of Topliss-reactive ketones (excluding diaryl/α,β-unsaturated/α-hetero) is 1. The van der Waals surface area contributed by atoms with Gasteiger partial charge in [-0.2, -0.15) is 0 Å². The van der Waals surface area contributed by atoms with Crippen LogP contribution in [0.1, 0.15) is 54.4 Å². The van der Waals surface area contributed by atoms with Crippen LogP contribution < -0.4 is 0 Å².